The molecule has 1 saturated carbocycles. The molecule has 2 aromatic rings. The van der Waals surface area contributed by atoms with Crippen molar-refractivity contribution in [1.82, 2.24) is 0 Å². The number of benzene rings is 2. The van der Waals surface area contributed by atoms with Crippen LogP contribution in [0.5, 0.6) is 5.75 Å². The maximum Gasteiger partial charge on any atom is 0.303 e. The number of allylic oxidation sites excluding steroid dienone is 4. The minimum absolute atomic E-state index is 0.0694. The molecule has 0 aliphatic heterocycles. The highest BCUT2D eigenvalue weighted by molar-refractivity contribution is 5.79. The molecule has 1 aliphatic rings. The maximum absolute atomic E-state index is 11.5. The monoisotopic (exact) mass is 574 g/mol. The first-order valence-electron chi connectivity index (χ1n) is 15.3. The highest BCUT2D eigenvalue weighted by atomic mass is 16.5. The van der Waals surface area contributed by atoms with Crippen LogP contribution in [0.3, 0.4) is 0 Å². The van der Waals surface area contributed by atoms with E-state index in [4.69, 9.17) is 14.9 Å². The highest BCUT2D eigenvalue weighted by Gasteiger charge is 2.34. The second-order valence-electron chi connectivity index (χ2n) is 12.6. The van der Waals surface area contributed by atoms with E-state index in [2.05, 4.69) is 69.4 Å². The van der Waals surface area contributed by atoms with Crippen molar-refractivity contribution >= 4 is 17.9 Å². The molecule has 3 rings (SSSR count). The Morgan fingerprint density at radius 2 is 1.86 bits per heavy atom. The average Bonchev–Trinajstić information content (AvgIpc) is 3.79. The van der Waals surface area contributed by atoms with Gasteiger partial charge in [0.2, 0.25) is 0 Å². The van der Waals surface area contributed by atoms with Crippen LogP contribution >= 0.6 is 0 Å². The van der Waals surface area contributed by atoms with Gasteiger partial charge in [0, 0.05) is 30.1 Å². The molecule has 0 aromatic heterocycles. The molecule has 1 fully saturated rings. The van der Waals surface area contributed by atoms with E-state index in [9.17, 15) is 9.90 Å². The van der Waals surface area contributed by atoms with E-state index in [0.29, 0.717) is 18.4 Å². The molecule has 0 heterocycles. The third-order valence-electron chi connectivity index (χ3n) is 8.06. The van der Waals surface area contributed by atoms with Gasteiger partial charge in [0.05, 0.1) is 25.9 Å². The number of hydrogen-bond donors (Lipinski definition) is 3. The lowest BCUT2D eigenvalue weighted by Crippen LogP contribution is -2.15. The van der Waals surface area contributed by atoms with Gasteiger partial charge in [-0.15, -0.1) is 0 Å². The first-order valence-corrected chi connectivity index (χ1v) is 15.3. The van der Waals surface area contributed by atoms with E-state index < -0.39 is 5.97 Å². The Kier molecular flexibility index (Phi) is 12.3. The molecule has 3 N–H and O–H groups in total. The van der Waals surface area contributed by atoms with Gasteiger partial charge in [-0.25, -0.2) is 0 Å². The lowest BCUT2D eigenvalue weighted by molar-refractivity contribution is -0.137. The zero-order valence-corrected chi connectivity index (χ0v) is 26.3. The minimum atomic E-state index is -0.800. The number of carboxylic acids is 1. The fourth-order valence-electron chi connectivity index (χ4n) is 5.47. The minimum Gasteiger partial charge on any atom is -0.498 e. The zero-order valence-electron chi connectivity index (χ0n) is 26.3. The smallest absolute Gasteiger partial charge is 0.303 e. The molecule has 6 nitrogen and oxygen atoms in total. The van der Waals surface area contributed by atoms with E-state index in [1.165, 1.54) is 17.3 Å². The number of ether oxygens (including phenoxy) is 2. The lowest BCUT2D eigenvalue weighted by atomic mass is 9.86. The maximum atomic E-state index is 11.5. The number of aliphatic carboxylic acids is 1. The van der Waals surface area contributed by atoms with Crippen molar-refractivity contribution in [3.05, 3.63) is 71.5 Å². The predicted octanol–water partition coefficient (Wildman–Crippen LogP) is 8.88. The Labute approximate surface area is 252 Å². The molecule has 228 valence electrons. The topological polar surface area (TPSA) is 91.6 Å². The van der Waals surface area contributed by atoms with E-state index in [0.717, 1.165) is 67.0 Å². The van der Waals surface area contributed by atoms with Crippen molar-refractivity contribution in [1.29, 1.82) is 5.41 Å². The van der Waals surface area contributed by atoms with Crippen molar-refractivity contribution in [2.45, 2.75) is 78.6 Å². The Balaban J connectivity index is 1.66. The van der Waals surface area contributed by atoms with Crippen LogP contribution in [0.25, 0.3) is 11.1 Å². The number of methoxy groups -OCH3 is 1. The molecule has 0 radical (unpaired) electrons. The summed E-state index contributed by atoms with van der Waals surface area (Å²) in [6.07, 6.45) is 10.2. The van der Waals surface area contributed by atoms with E-state index >= 15 is 0 Å². The molecule has 6 heteroatoms. The van der Waals surface area contributed by atoms with Crippen molar-refractivity contribution in [3.63, 3.8) is 0 Å². The Morgan fingerprint density at radius 3 is 2.43 bits per heavy atom. The van der Waals surface area contributed by atoms with Crippen LogP contribution in [0.2, 0.25) is 0 Å². The molecule has 2 unspecified atom stereocenters. The summed E-state index contributed by atoms with van der Waals surface area (Å²) in [4.78, 5) is 11.5. The van der Waals surface area contributed by atoms with E-state index in [1.54, 1.807) is 13.2 Å². The number of carbonyl (C=O) groups is 1. The fourth-order valence-corrected chi connectivity index (χ4v) is 5.47. The van der Waals surface area contributed by atoms with Crippen LogP contribution in [0.4, 0.5) is 5.69 Å². The van der Waals surface area contributed by atoms with Crippen LogP contribution in [-0.2, 0) is 14.9 Å². The van der Waals surface area contributed by atoms with Gasteiger partial charge in [-0.2, -0.15) is 0 Å². The highest BCUT2D eigenvalue weighted by Crippen LogP contribution is 2.43. The number of hydrogen-bond acceptors (Lipinski definition) is 5. The number of anilines is 1. The third-order valence-corrected chi connectivity index (χ3v) is 8.06. The van der Waals surface area contributed by atoms with Gasteiger partial charge in [0.25, 0.3) is 0 Å². The summed E-state index contributed by atoms with van der Waals surface area (Å²) in [6, 6.07) is 15.0. The van der Waals surface area contributed by atoms with Crippen LogP contribution in [0.15, 0.2) is 65.9 Å². The van der Waals surface area contributed by atoms with Gasteiger partial charge in [0.1, 0.15) is 5.75 Å². The molecular formula is C36H50N2O4. The second-order valence-corrected chi connectivity index (χ2v) is 12.6. The van der Waals surface area contributed by atoms with Crippen LogP contribution in [0.1, 0.15) is 78.7 Å². The quantitative estimate of drug-likeness (QED) is 0.0997. The summed E-state index contributed by atoms with van der Waals surface area (Å²) in [5.41, 5.74) is 5.67. The van der Waals surface area contributed by atoms with Crippen molar-refractivity contribution in [2.24, 2.45) is 17.8 Å². The van der Waals surface area contributed by atoms with Crippen LogP contribution in [-0.4, -0.2) is 37.6 Å². The number of rotatable bonds is 17. The number of nitrogens with one attached hydrogen (secondary N) is 2. The predicted molar refractivity (Wildman–Crippen MR) is 174 cm³/mol. The van der Waals surface area contributed by atoms with Gasteiger partial charge in [0.15, 0.2) is 0 Å². The molecule has 0 bridgehead atoms. The molecule has 0 spiro atoms. The Bertz CT molecular complexity index is 1240. The molecule has 42 heavy (non-hydrogen) atoms. The van der Waals surface area contributed by atoms with Gasteiger partial charge in [-0.05, 0) is 96.8 Å². The fraction of sp³-hybridized carbons (Fsp3) is 0.500. The largest absolute Gasteiger partial charge is 0.498 e. The molecule has 1 aliphatic carbocycles. The van der Waals surface area contributed by atoms with Crippen LogP contribution in [0, 0.1) is 23.2 Å². The molecule has 0 saturated heterocycles. The normalized spacial score (nSPS) is 15.6. The average molecular weight is 575 g/mol. The van der Waals surface area contributed by atoms with Crippen molar-refractivity contribution in [3.8, 4) is 16.9 Å². The zero-order chi connectivity index (χ0) is 30.7. The van der Waals surface area contributed by atoms with Gasteiger partial charge in [-0.3, -0.25) is 4.79 Å². The molecule has 0 amide bonds. The molecule has 2 atom stereocenters. The summed E-state index contributed by atoms with van der Waals surface area (Å²) in [5, 5.41) is 20.7. The summed E-state index contributed by atoms with van der Waals surface area (Å²) in [7, 11) is 1.69. The van der Waals surface area contributed by atoms with E-state index in [1.807, 2.05) is 19.1 Å². The standard InChI is InChI=1S/C36H50N2O4/c1-7-8-26(24-42-25(2)21-29(17-19-37)33(23-35(39)40)28-9-10-28)18-20-38-34-22-31(41-6)15-16-32(34)27-11-13-30(14-12-27)36(3,4)5/h11-17,19,21-22,26,28,33,37-38H,7-10,18,20,23-24H2,1-6H3,(H,39,40)/b25-21+,29-17+,37-19?. The Hall–Kier alpha value is -3.54. The van der Waals surface area contributed by atoms with E-state index in [-0.39, 0.29) is 17.8 Å². The summed E-state index contributed by atoms with van der Waals surface area (Å²) in [5.74, 6) is 1.48. The first-order chi connectivity index (χ1) is 20.0. The third kappa shape index (κ3) is 10.1. The SMILES string of the molecule is CCCC(CCNc1cc(OC)ccc1-c1ccc(C(C)(C)C)cc1)CO/C(C)=C/C(=C\C=N)C(CC(=O)O)C1CC1. The van der Waals surface area contributed by atoms with Crippen LogP contribution < -0.4 is 10.1 Å². The summed E-state index contributed by atoms with van der Waals surface area (Å²) in [6.45, 7) is 12.2. The lowest BCUT2D eigenvalue weighted by Gasteiger charge is -2.21. The Morgan fingerprint density at radius 1 is 1.14 bits per heavy atom. The van der Waals surface area contributed by atoms with Crippen molar-refractivity contribution < 1.29 is 19.4 Å². The number of carboxylic acid groups (broad SMARTS) is 1. The second kappa shape index (κ2) is 15.6. The first kappa shape index (κ1) is 33.0. The van der Waals surface area contributed by atoms with Gasteiger partial charge >= 0.3 is 5.97 Å². The molecule has 2 aromatic carbocycles. The van der Waals surface area contributed by atoms with Gasteiger partial charge in [-0.1, -0.05) is 58.4 Å². The summed E-state index contributed by atoms with van der Waals surface area (Å²) >= 11 is 0. The van der Waals surface area contributed by atoms with Gasteiger partial charge < -0.3 is 25.3 Å². The summed E-state index contributed by atoms with van der Waals surface area (Å²) < 4.78 is 11.7. The molecular weight excluding hydrogens is 524 g/mol. The van der Waals surface area contributed by atoms with Crippen molar-refractivity contribution in [2.75, 3.05) is 25.6 Å².